The maximum absolute atomic E-state index is 5.40. The lowest BCUT2D eigenvalue weighted by molar-refractivity contribution is 0.538. The number of nitrogens with two attached hydrogens (primary N) is 1. The van der Waals surface area contributed by atoms with Gasteiger partial charge in [-0.3, -0.25) is 0 Å². The third-order valence-corrected chi connectivity index (χ3v) is 2.14. The van der Waals surface area contributed by atoms with Gasteiger partial charge in [0.05, 0.1) is 0 Å². The van der Waals surface area contributed by atoms with Gasteiger partial charge in [-0.15, -0.1) is 0 Å². The minimum absolute atomic E-state index is 0.858. The topological polar surface area (TPSA) is 26.0 Å². The lowest BCUT2D eigenvalue weighted by Crippen LogP contribution is -1.99. The smallest absolute Gasteiger partial charge is 0.00773 e. The molecule has 0 bridgehead atoms. The summed E-state index contributed by atoms with van der Waals surface area (Å²) >= 11 is 0. The van der Waals surface area contributed by atoms with Crippen molar-refractivity contribution in [2.45, 2.75) is 32.1 Å². The summed E-state index contributed by atoms with van der Waals surface area (Å²) in [4.78, 5) is 0. The predicted molar refractivity (Wildman–Crippen MR) is 44.8 cm³/mol. The highest BCUT2D eigenvalue weighted by Gasteiger charge is 2.07. The van der Waals surface area contributed by atoms with Gasteiger partial charge in [0.2, 0.25) is 0 Å². The molecule has 0 aromatic rings. The van der Waals surface area contributed by atoms with Gasteiger partial charge in [0, 0.05) is 0 Å². The lowest BCUT2D eigenvalue weighted by atomic mass is 10.0. The molecule has 0 radical (unpaired) electrons. The number of unbranched alkanes of at least 4 members (excludes halogenated alkanes) is 1. The minimum atomic E-state index is 0.858. The van der Waals surface area contributed by atoms with Crippen molar-refractivity contribution >= 4 is 0 Å². The Hall–Kier alpha value is -0.300. The summed E-state index contributed by atoms with van der Waals surface area (Å²) in [6, 6.07) is 0. The molecule has 0 aromatic heterocycles. The first-order valence-electron chi connectivity index (χ1n) is 4.30. The van der Waals surface area contributed by atoms with Crippen LogP contribution in [0.25, 0.3) is 0 Å². The van der Waals surface area contributed by atoms with Gasteiger partial charge in [0.15, 0.2) is 0 Å². The fraction of sp³-hybridized carbons (Fsp3) is 0.778. The number of hydrogen-bond donors (Lipinski definition) is 1. The normalized spacial score (nSPS) is 23.9. The zero-order valence-electron chi connectivity index (χ0n) is 6.55. The van der Waals surface area contributed by atoms with Crippen LogP contribution in [0.15, 0.2) is 12.2 Å². The molecule has 0 heterocycles. The lowest BCUT2D eigenvalue weighted by Gasteiger charge is -2.04. The molecule has 0 saturated carbocycles. The van der Waals surface area contributed by atoms with Gasteiger partial charge >= 0.3 is 0 Å². The van der Waals surface area contributed by atoms with E-state index in [1.54, 1.807) is 0 Å². The number of allylic oxidation sites excluding steroid dienone is 2. The van der Waals surface area contributed by atoms with Crippen molar-refractivity contribution in [3.05, 3.63) is 12.2 Å². The van der Waals surface area contributed by atoms with Crippen LogP contribution in [0.5, 0.6) is 0 Å². The Morgan fingerprint density at radius 1 is 1.40 bits per heavy atom. The summed E-state index contributed by atoms with van der Waals surface area (Å²) in [7, 11) is 0. The Morgan fingerprint density at radius 2 is 2.30 bits per heavy atom. The monoisotopic (exact) mass is 139 g/mol. The summed E-state index contributed by atoms with van der Waals surface area (Å²) in [5.41, 5.74) is 5.40. The van der Waals surface area contributed by atoms with Crippen LogP contribution in [-0.4, -0.2) is 6.54 Å². The average molecular weight is 139 g/mol. The number of hydrogen-bond acceptors (Lipinski definition) is 1. The average Bonchev–Trinajstić information content (AvgIpc) is 2.41. The molecule has 1 unspecified atom stereocenters. The van der Waals surface area contributed by atoms with Crippen LogP contribution in [0.4, 0.5) is 0 Å². The third kappa shape index (κ3) is 2.53. The van der Waals surface area contributed by atoms with Crippen molar-refractivity contribution in [2.75, 3.05) is 6.54 Å². The first-order chi connectivity index (χ1) is 4.93. The van der Waals surface area contributed by atoms with Gasteiger partial charge in [0.1, 0.15) is 0 Å². The summed E-state index contributed by atoms with van der Waals surface area (Å²) in [6.45, 7) is 0.858. The summed E-state index contributed by atoms with van der Waals surface area (Å²) in [6.07, 6.45) is 11.2. The number of rotatable bonds is 4. The highest BCUT2D eigenvalue weighted by atomic mass is 14.5. The molecule has 0 fully saturated rings. The van der Waals surface area contributed by atoms with Crippen LogP contribution in [-0.2, 0) is 0 Å². The molecule has 1 aliphatic rings. The fourth-order valence-electron chi connectivity index (χ4n) is 1.49. The molecule has 2 N–H and O–H groups in total. The van der Waals surface area contributed by atoms with Crippen LogP contribution in [0.1, 0.15) is 32.1 Å². The zero-order valence-corrected chi connectivity index (χ0v) is 6.55. The highest BCUT2D eigenvalue weighted by Crippen LogP contribution is 2.21. The third-order valence-electron chi connectivity index (χ3n) is 2.14. The molecule has 0 aliphatic heterocycles. The second kappa shape index (κ2) is 4.51. The Bertz CT molecular complexity index is 107. The Morgan fingerprint density at radius 3 is 2.90 bits per heavy atom. The summed E-state index contributed by atoms with van der Waals surface area (Å²) in [5.74, 6) is 0.881. The Balaban J connectivity index is 1.97. The quantitative estimate of drug-likeness (QED) is 0.468. The van der Waals surface area contributed by atoms with Crippen LogP contribution in [0.3, 0.4) is 0 Å². The molecular formula is C9H17N. The maximum atomic E-state index is 5.40. The molecule has 0 saturated heterocycles. The largest absolute Gasteiger partial charge is 0.330 e. The van der Waals surface area contributed by atoms with Crippen molar-refractivity contribution < 1.29 is 0 Å². The predicted octanol–water partition coefficient (Wildman–Crippen LogP) is 2.08. The summed E-state index contributed by atoms with van der Waals surface area (Å²) < 4.78 is 0. The standard InChI is InChI=1S/C9H17N/c10-8-4-3-7-9-5-1-2-6-9/h1,5,9H,2-4,6-8,10H2. The van der Waals surface area contributed by atoms with E-state index in [-0.39, 0.29) is 0 Å². The van der Waals surface area contributed by atoms with E-state index in [0.717, 1.165) is 12.5 Å². The van der Waals surface area contributed by atoms with E-state index in [1.165, 1.54) is 32.1 Å². The molecule has 1 heteroatoms. The first kappa shape index (κ1) is 7.80. The van der Waals surface area contributed by atoms with Crippen LogP contribution in [0.2, 0.25) is 0 Å². The van der Waals surface area contributed by atoms with Crippen molar-refractivity contribution in [3.63, 3.8) is 0 Å². The molecule has 1 rings (SSSR count). The van der Waals surface area contributed by atoms with E-state index in [9.17, 15) is 0 Å². The van der Waals surface area contributed by atoms with Gasteiger partial charge in [0.25, 0.3) is 0 Å². The van der Waals surface area contributed by atoms with E-state index in [2.05, 4.69) is 12.2 Å². The molecule has 1 atom stereocenters. The fourth-order valence-corrected chi connectivity index (χ4v) is 1.49. The highest BCUT2D eigenvalue weighted by molar-refractivity contribution is 4.95. The van der Waals surface area contributed by atoms with Gasteiger partial charge in [-0.1, -0.05) is 18.6 Å². The van der Waals surface area contributed by atoms with E-state index in [4.69, 9.17) is 5.73 Å². The molecule has 10 heavy (non-hydrogen) atoms. The van der Waals surface area contributed by atoms with Gasteiger partial charge < -0.3 is 5.73 Å². The SMILES string of the molecule is NCCCCC1C=CCC1. The second-order valence-electron chi connectivity index (χ2n) is 3.05. The molecule has 0 spiro atoms. The Kier molecular flexibility index (Phi) is 3.52. The summed E-state index contributed by atoms with van der Waals surface area (Å²) in [5, 5.41) is 0. The van der Waals surface area contributed by atoms with Crippen molar-refractivity contribution in [1.82, 2.24) is 0 Å². The van der Waals surface area contributed by atoms with E-state index in [0.29, 0.717) is 0 Å². The molecule has 0 aromatic carbocycles. The molecular weight excluding hydrogens is 122 g/mol. The van der Waals surface area contributed by atoms with Crippen LogP contribution >= 0.6 is 0 Å². The van der Waals surface area contributed by atoms with Gasteiger partial charge in [-0.2, -0.15) is 0 Å². The molecule has 0 amide bonds. The van der Waals surface area contributed by atoms with Crippen LogP contribution < -0.4 is 5.73 Å². The van der Waals surface area contributed by atoms with E-state index < -0.39 is 0 Å². The van der Waals surface area contributed by atoms with Crippen molar-refractivity contribution in [2.24, 2.45) is 11.7 Å². The molecule has 1 aliphatic carbocycles. The molecule has 58 valence electrons. The van der Waals surface area contributed by atoms with Crippen molar-refractivity contribution in [3.8, 4) is 0 Å². The van der Waals surface area contributed by atoms with E-state index >= 15 is 0 Å². The second-order valence-corrected chi connectivity index (χ2v) is 3.05. The zero-order chi connectivity index (χ0) is 7.23. The minimum Gasteiger partial charge on any atom is -0.330 e. The Labute approximate surface area is 63.3 Å². The maximum Gasteiger partial charge on any atom is -0.00773 e. The van der Waals surface area contributed by atoms with Gasteiger partial charge in [-0.25, -0.2) is 0 Å². The van der Waals surface area contributed by atoms with Crippen molar-refractivity contribution in [1.29, 1.82) is 0 Å². The first-order valence-corrected chi connectivity index (χ1v) is 4.30. The van der Waals surface area contributed by atoms with Gasteiger partial charge in [-0.05, 0) is 38.1 Å². The van der Waals surface area contributed by atoms with E-state index in [1.807, 2.05) is 0 Å². The van der Waals surface area contributed by atoms with Crippen LogP contribution in [0, 0.1) is 5.92 Å². The molecule has 1 nitrogen and oxygen atoms in total.